The van der Waals surface area contributed by atoms with Crippen LogP contribution in [0, 0.1) is 0 Å². The zero-order valence-corrected chi connectivity index (χ0v) is 20.5. The quantitative estimate of drug-likeness (QED) is 0.228. The number of aryl methyl sites for hydroxylation is 4. The summed E-state index contributed by atoms with van der Waals surface area (Å²) in [4.78, 5) is 0. The molecule has 0 radical (unpaired) electrons. The average molecular weight is 475 g/mol. The lowest BCUT2D eigenvalue weighted by molar-refractivity contribution is -0.134. The van der Waals surface area contributed by atoms with Crippen molar-refractivity contribution in [3.8, 4) is 11.5 Å². The van der Waals surface area contributed by atoms with Crippen LogP contribution in [-0.4, -0.2) is 18.4 Å². The lowest BCUT2D eigenvalue weighted by Crippen LogP contribution is -2.36. The first-order valence-electron chi connectivity index (χ1n) is 12.5. The van der Waals surface area contributed by atoms with E-state index < -0.39 is 12.6 Å². The predicted octanol–water partition coefficient (Wildman–Crippen LogP) is 8.20. The number of rotatable bonds is 12. The summed E-state index contributed by atoms with van der Waals surface area (Å²) < 4.78 is 49.9. The smallest absolute Gasteiger partial charge is 0.389 e. The Labute approximate surface area is 202 Å². The summed E-state index contributed by atoms with van der Waals surface area (Å²) in [7, 11) is 0. The third-order valence-electron chi connectivity index (χ3n) is 6.74. The predicted molar refractivity (Wildman–Crippen MR) is 132 cm³/mol. The third-order valence-corrected chi connectivity index (χ3v) is 6.74. The fourth-order valence-electron chi connectivity index (χ4n) is 4.55. The SMILES string of the molecule is C=CC1(CC)CCc2ccc(OCCCCc3ccc(CCC(F)(F)F)cc3CCC)cc2O1. The Balaban J connectivity index is 1.50. The molecule has 5 heteroatoms. The van der Waals surface area contributed by atoms with Crippen molar-refractivity contribution in [2.45, 2.75) is 89.8 Å². The highest BCUT2D eigenvalue weighted by molar-refractivity contribution is 5.43. The fraction of sp³-hybridized carbons (Fsp3) is 0.517. The molecule has 0 bridgehead atoms. The van der Waals surface area contributed by atoms with E-state index in [2.05, 4.69) is 26.5 Å². The minimum atomic E-state index is -4.11. The zero-order valence-electron chi connectivity index (χ0n) is 20.5. The lowest BCUT2D eigenvalue weighted by Gasteiger charge is -2.35. The van der Waals surface area contributed by atoms with E-state index in [4.69, 9.17) is 9.47 Å². The maximum Gasteiger partial charge on any atom is 0.389 e. The number of benzene rings is 2. The molecule has 1 heterocycles. The number of alkyl halides is 3. The first kappa shape index (κ1) is 26.2. The van der Waals surface area contributed by atoms with Crippen LogP contribution in [0.1, 0.15) is 74.6 Å². The van der Waals surface area contributed by atoms with Gasteiger partial charge in [0.15, 0.2) is 0 Å². The van der Waals surface area contributed by atoms with Gasteiger partial charge in [-0.2, -0.15) is 13.2 Å². The Morgan fingerprint density at radius 3 is 2.56 bits per heavy atom. The molecular weight excluding hydrogens is 437 g/mol. The molecule has 186 valence electrons. The molecule has 1 aliphatic rings. The monoisotopic (exact) mass is 474 g/mol. The van der Waals surface area contributed by atoms with Gasteiger partial charge in [-0.15, -0.1) is 0 Å². The van der Waals surface area contributed by atoms with Crippen molar-refractivity contribution < 1.29 is 22.6 Å². The second-order valence-electron chi connectivity index (χ2n) is 9.27. The summed E-state index contributed by atoms with van der Waals surface area (Å²) in [5.74, 6) is 1.70. The molecule has 1 atom stereocenters. The molecule has 0 fully saturated rings. The van der Waals surface area contributed by atoms with Crippen molar-refractivity contribution in [3.63, 3.8) is 0 Å². The minimum Gasteiger partial charge on any atom is -0.493 e. The number of unbranched alkanes of at least 4 members (excludes halogenated alkanes) is 1. The molecule has 2 aromatic rings. The topological polar surface area (TPSA) is 18.5 Å². The first-order valence-corrected chi connectivity index (χ1v) is 12.5. The Morgan fingerprint density at radius 2 is 1.85 bits per heavy atom. The van der Waals surface area contributed by atoms with Crippen molar-refractivity contribution in [1.82, 2.24) is 0 Å². The molecular formula is C29H37F3O2. The van der Waals surface area contributed by atoms with Crippen molar-refractivity contribution >= 4 is 0 Å². The van der Waals surface area contributed by atoms with E-state index in [-0.39, 0.29) is 12.0 Å². The third kappa shape index (κ3) is 7.28. The lowest BCUT2D eigenvalue weighted by atomic mass is 9.89. The highest BCUT2D eigenvalue weighted by Gasteiger charge is 2.31. The summed E-state index contributed by atoms with van der Waals surface area (Å²) in [6, 6.07) is 11.9. The van der Waals surface area contributed by atoms with Gasteiger partial charge in [0.05, 0.1) is 6.61 Å². The van der Waals surface area contributed by atoms with Gasteiger partial charge in [0.1, 0.15) is 17.1 Å². The summed E-state index contributed by atoms with van der Waals surface area (Å²) in [6.45, 7) is 8.79. The molecule has 2 nitrogen and oxygen atoms in total. The Bertz CT molecular complexity index is 951. The number of fused-ring (bicyclic) bond motifs is 1. The van der Waals surface area contributed by atoms with Gasteiger partial charge < -0.3 is 9.47 Å². The highest BCUT2D eigenvalue weighted by Crippen LogP contribution is 2.38. The van der Waals surface area contributed by atoms with Crippen LogP contribution in [0.3, 0.4) is 0 Å². The average Bonchev–Trinajstić information content (AvgIpc) is 2.82. The Morgan fingerprint density at radius 1 is 1.03 bits per heavy atom. The van der Waals surface area contributed by atoms with Crippen LogP contribution in [0.4, 0.5) is 13.2 Å². The van der Waals surface area contributed by atoms with Crippen LogP contribution in [0.15, 0.2) is 49.1 Å². The summed E-state index contributed by atoms with van der Waals surface area (Å²) in [6.07, 6.45) is 4.55. The van der Waals surface area contributed by atoms with Gasteiger partial charge in [-0.3, -0.25) is 0 Å². The number of halogens is 3. The van der Waals surface area contributed by atoms with Gasteiger partial charge in [-0.05, 0) is 85.8 Å². The van der Waals surface area contributed by atoms with Gasteiger partial charge in [0.2, 0.25) is 0 Å². The van der Waals surface area contributed by atoms with Crippen molar-refractivity contribution in [1.29, 1.82) is 0 Å². The fourth-order valence-corrected chi connectivity index (χ4v) is 4.55. The van der Waals surface area contributed by atoms with Crippen LogP contribution in [0.25, 0.3) is 0 Å². The van der Waals surface area contributed by atoms with E-state index in [1.807, 2.05) is 36.4 Å². The second-order valence-corrected chi connectivity index (χ2v) is 9.27. The van der Waals surface area contributed by atoms with Crippen molar-refractivity contribution in [3.05, 3.63) is 71.3 Å². The first-order chi connectivity index (χ1) is 16.3. The zero-order chi connectivity index (χ0) is 24.6. The molecule has 0 spiro atoms. The molecule has 0 aromatic heterocycles. The van der Waals surface area contributed by atoms with Crippen LogP contribution in [-0.2, 0) is 25.7 Å². The van der Waals surface area contributed by atoms with Gasteiger partial charge in [0.25, 0.3) is 0 Å². The highest BCUT2D eigenvalue weighted by atomic mass is 19.4. The number of hydrogen-bond donors (Lipinski definition) is 0. The maximum absolute atomic E-state index is 12.6. The molecule has 34 heavy (non-hydrogen) atoms. The largest absolute Gasteiger partial charge is 0.493 e. The van der Waals surface area contributed by atoms with Gasteiger partial charge in [-0.25, -0.2) is 0 Å². The van der Waals surface area contributed by atoms with Crippen molar-refractivity contribution in [2.75, 3.05) is 6.61 Å². The van der Waals surface area contributed by atoms with E-state index in [0.29, 0.717) is 6.61 Å². The van der Waals surface area contributed by atoms with E-state index in [1.54, 1.807) is 0 Å². The van der Waals surface area contributed by atoms with E-state index in [1.165, 1.54) is 16.7 Å². The molecule has 0 saturated carbocycles. The Hall–Kier alpha value is -2.43. The van der Waals surface area contributed by atoms with Gasteiger partial charge in [-0.1, -0.05) is 51.1 Å². The van der Waals surface area contributed by atoms with Crippen LogP contribution >= 0.6 is 0 Å². The van der Waals surface area contributed by atoms with E-state index in [0.717, 1.165) is 68.4 Å². The molecule has 3 rings (SSSR count). The van der Waals surface area contributed by atoms with Crippen LogP contribution in [0.2, 0.25) is 0 Å². The number of hydrogen-bond acceptors (Lipinski definition) is 2. The summed E-state index contributed by atoms with van der Waals surface area (Å²) in [5.41, 5.74) is 4.10. The van der Waals surface area contributed by atoms with Gasteiger partial charge in [0, 0.05) is 12.5 Å². The molecule has 1 unspecified atom stereocenters. The minimum absolute atomic E-state index is 0.0466. The normalized spacial score (nSPS) is 17.7. The van der Waals surface area contributed by atoms with Gasteiger partial charge >= 0.3 is 6.18 Å². The summed E-state index contributed by atoms with van der Waals surface area (Å²) >= 11 is 0. The molecule has 1 aliphatic heterocycles. The molecule has 0 N–H and O–H groups in total. The number of ether oxygens (including phenoxy) is 2. The molecule has 2 aromatic carbocycles. The summed E-state index contributed by atoms with van der Waals surface area (Å²) in [5, 5.41) is 0. The van der Waals surface area contributed by atoms with Crippen LogP contribution in [0.5, 0.6) is 11.5 Å². The van der Waals surface area contributed by atoms with E-state index in [9.17, 15) is 13.2 Å². The molecule has 0 saturated heterocycles. The van der Waals surface area contributed by atoms with Crippen LogP contribution < -0.4 is 9.47 Å². The Kier molecular flexibility index (Phi) is 9.10. The van der Waals surface area contributed by atoms with E-state index >= 15 is 0 Å². The molecule has 0 amide bonds. The molecule has 0 aliphatic carbocycles. The maximum atomic E-state index is 12.6. The van der Waals surface area contributed by atoms with Crippen molar-refractivity contribution in [2.24, 2.45) is 0 Å². The second kappa shape index (κ2) is 11.8. The standard InChI is InChI=1S/C29H37F3O2/c1-4-9-25-20-22(15-18-29(30,31)32)11-12-23(25)10-7-8-19-33-26-14-13-24-16-17-28(5-2,6-3)34-27(24)21-26/h5,11-14,20-21H,2,4,6-10,15-19H2,1,3H3.